The first-order chi connectivity index (χ1) is 7.29. The number of aryl methyl sites for hydroxylation is 1. The summed E-state index contributed by atoms with van der Waals surface area (Å²) in [7, 11) is 0. The lowest BCUT2D eigenvalue weighted by molar-refractivity contribution is 0.757. The Kier molecular flexibility index (Phi) is 2.46. The first-order valence-corrected chi connectivity index (χ1v) is 4.63. The Hall–Kier alpha value is -2.15. The molecule has 0 aliphatic carbocycles. The van der Waals surface area contributed by atoms with Gasteiger partial charge in [-0.25, -0.2) is 4.98 Å². The topological polar surface area (TPSA) is 54.5 Å². The van der Waals surface area contributed by atoms with Gasteiger partial charge in [0.2, 0.25) is 5.82 Å². The fourth-order valence-electron chi connectivity index (χ4n) is 1.41. The molecule has 0 bridgehead atoms. The molecule has 2 aromatic rings. The van der Waals surface area contributed by atoms with Crippen LogP contribution in [0.15, 0.2) is 30.6 Å². The lowest BCUT2D eigenvalue weighted by Crippen LogP contribution is -2.03. The highest BCUT2D eigenvalue weighted by Gasteiger charge is 2.02. The molecule has 0 N–H and O–H groups in total. The van der Waals surface area contributed by atoms with E-state index in [1.165, 1.54) is 0 Å². The largest absolute Gasteiger partial charge is 0.317 e. The molecule has 15 heavy (non-hydrogen) atoms. The number of pyridine rings is 1. The molecule has 2 rings (SSSR count). The van der Waals surface area contributed by atoms with Crippen LogP contribution in [0.25, 0.3) is 0 Å². The maximum Gasteiger partial charge on any atom is 0.213 e. The molecule has 0 amide bonds. The van der Waals surface area contributed by atoms with Crippen molar-refractivity contribution in [3.05, 3.63) is 47.8 Å². The van der Waals surface area contributed by atoms with Gasteiger partial charge in [0.25, 0.3) is 0 Å². The van der Waals surface area contributed by atoms with Gasteiger partial charge in [0.05, 0.1) is 12.2 Å². The number of hydrogen-bond donors (Lipinski definition) is 0. The molecular formula is C11H10N4. The first kappa shape index (κ1) is 9.41. The maximum absolute atomic E-state index is 8.79. The molecule has 0 radical (unpaired) electrons. The van der Waals surface area contributed by atoms with Gasteiger partial charge in [-0.2, -0.15) is 5.26 Å². The SMILES string of the molecule is Cc1cccc(Cn2ccnc2C#N)n1. The average Bonchev–Trinajstić information content (AvgIpc) is 2.65. The molecule has 0 unspecified atom stereocenters. The molecule has 0 aliphatic heterocycles. The highest BCUT2D eigenvalue weighted by molar-refractivity contribution is 5.15. The van der Waals surface area contributed by atoms with E-state index >= 15 is 0 Å². The summed E-state index contributed by atoms with van der Waals surface area (Å²) >= 11 is 0. The van der Waals surface area contributed by atoms with Crippen molar-refractivity contribution in [1.82, 2.24) is 14.5 Å². The van der Waals surface area contributed by atoms with Gasteiger partial charge in [0.1, 0.15) is 6.07 Å². The van der Waals surface area contributed by atoms with E-state index in [-0.39, 0.29) is 0 Å². The lowest BCUT2D eigenvalue weighted by atomic mass is 10.3. The molecule has 0 spiro atoms. The average molecular weight is 198 g/mol. The summed E-state index contributed by atoms with van der Waals surface area (Å²) in [5, 5.41) is 8.79. The third-order valence-electron chi connectivity index (χ3n) is 2.09. The van der Waals surface area contributed by atoms with E-state index in [1.54, 1.807) is 17.0 Å². The number of nitrogens with zero attached hydrogens (tertiary/aromatic N) is 4. The van der Waals surface area contributed by atoms with E-state index in [1.807, 2.05) is 31.2 Å². The Bertz CT molecular complexity index is 507. The maximum atomic E-state index is 8.79. The number of aromatic nitrogens is 3. The Labute approximate surface area is 87.8 Å². The predicted octanol–water partition coefficient (Wildman–Crippen LogP) is 1.51. The van der Waals surface area contributed by atoms with E-state index < -0.39 is 0 Å². The molecule has 0 aromatic carbocycles. The van der Waals surface area contributed by atoms with Gasteiger partial charge in [0.15, 0.2) is 0 Å². The zero-order valence-corrected chi connectivity index (χ0v) is 8.38. The van der Waals surface area contributed by atoms with Crippen LogP contribution in [0.1, 0.15) is 17.2 Å². The summed E-state index contributed by atoms with van der Waals surface area (Å²) in [6.45, 7) is 2.53. The molecule has 4 nitrogen and oxygen atoms in total. The van der Waals surface area contributed by atoms with E-state index in [9.17, 15) is 0 Å². The van der Waals surface area contributed by atoms with Crippen LogP contribution in [0.4, 0.5) is 0 Å². The van der Waals surface area contributed by atoms with E-state index in [0.29, 0.717) is 12.4 Å². The summed E-state index contributed by atoms with van der Waals surface area (Å²) in [6.07, 6.45) is 3.40. The molecule has 74 valence electrons. The number of imidazole rings is 1. The molecule has 0 fully saturated rings. The van der Waals surface area contributed by atoms with Gasteiger partial charge in [-0.1, -0.05) is 6.07 Å². The van der Waals surface area contributed by atoms with E-state index in [2.05, 4.69) is 9.97 Å². The van der Waals surface area contributed by atoms with E-state index in [0.717, 1.165) is 11.4 Å². The Balaban J connectivity index is 2.26. The van der Waals surface area contributed by atoms with Crippen LogP contribution >= 0.6 is 0 Å². The fourth-order valence-corrected chi connectivity index (χ4v) is 1.41. The van der Waals surface area contributed by atoms with Gasteiger partial charge >= 0.3 is 0 Å². The van der Waals surface area contributed by atoms with Crippen molar-refractivity contribution in [2.45, 2.75) is 13.5 Å². The van der Waals surface area contributed by atoms with Gasteiger partial charge in [-0.05, 0) is 19.1 Å². The second-order valence-electron chi connectivity index (χ2n) is 3.26. The summed E-state index contributed by atoms with van der Waals surface area (Å²) in [5.74, 6) is 0.415. The van der Waals surface area contributed by atoms with Crippen molar-refractivity contribution in [2.24, 2.45) is 0 Å². The van der Waals surface area contributed by atoms with Crippen LogP contribution in [0.3, 0.4) is 0 Å². The molecule has 2 aromatic heterocycles. The fraction of sp³-hybridized carbons (Fsp3) is 0.182. The summed E-state index contributed by atoms with van der Waals surface area (Å²) in [6, 6.07) is 7.88. The highest BCUT2D eigenvalue weighted by atomic mass is 15.1. The molecule has 0 aliphatic rings. The minimum Gasteiger partial charge on any atom is -0.317 e. The number of nitriles is 1. The Morgan fingerprint density at radius 3 is 3.07 bits per heavy atom. The first-order valence-electron chi connectivity index (χ1n) is 4.63. The second kappa shape index (κ2) is 3.93. The van der Waals surface area contributed by atoms with Crippen molar-refractivity contribution < 1.29 is 0 Å². The molecule has 2 heterocycles. The summed E-state index contributed by atoms with van der Waals surface area (Å²) in [5.41, 5.74) is 1.91. The van der Waals surface area contributed by atoms with Crippen LogP contribution < -0.4 is 0 Å². The van der Waals surface area contributed by atoms with Crippen molar-refractivity contribution in [3.63, 3.8) is 0 Å². The lowest BCUT2D eigenvalue weighted by Gasteiger charge is -2.03. The molecular weight excluding hydrogens is 188 g/mol. The second-order valence-corrected chi connectivity index (χ2v) is 3.26. The Morgan fingerprint density at radius 2 is 2.33 bits per heavy atom. The number of rotatable bonds is 2. The third-order valence-corrected chi connectivity index (χ3v) is 2.09. The third kappa shape index (κ3) is 2.02. The van der Waals surface area contributed by atoms with Gasteiger partial charge in [-0.15, -0.1) is 0 Å². The molecule has 0 saturated heterocycles. The van der Waals surface area contributed by atoms with Crippen molar-refractivity contribution in [3.8, 4) is 6.07 Å². The Morgan fingerprint density at radius 1 is 1.47 bits per heavy atom. The van der Waals surface area contributed by atoms with Crippen molar-refractivity contribution in [1.29, 1.82) is 5.26 Å². The van der Waals surface area contributed by atoms with Crippen molar-refractivity contribution in [2.75, 3.05) is 0 Å². The quantitative estimate of drug-likeness (QED) is 0.734. The molecule has 0 saturated carbocycles. The zero-order valence-electron chi connectivity index (χ0n) is 8.38. The van der Waals surface area contributed by atoms with Crippen LogP contribution in [-0.4, -0.2) is 14.5 Å². The monoisotopic (exact) mass is 198 g/mol. The minimum absolute atomic E-state index is 0.415. The van der Waals surface area contributed by atoms with Crippen LogP contribution in [-0.2, 0) is 6.54 Å². The van der Waals surface area contributed by atoms with Gasteiger partial charge < -0.3 is 4.57 Å². The van der Waals surface area contributed by atoms with Gasteiger partial charge in [0, 0.05) is 18.1 Å². The van der Waals surface area contributed by atoms with Crippen LogP contribution in [0.2, 0.25) is 0 Å². The highest BCUT2D eigenvalue weighted by Crippen LogP contribution is 2.03. The summed E-state index contributed by atoms with van der Waals surface area (Å²) < 4.78 is 1.78. The van der Waals surface area contributed by atoms with Crippen LogP contribution in [0.5, 0.6) is 0 Å². The summed E-state index contributed by atoms with van der Waals surface area (Å²) in [4.78, 5) is 8.29. The smallest absolute Gasteiger partial charge is 0.213 e. The van der Waals surface area contributed by atoms with Crippen LogP contribution in [0, 0.1) is 18.3 Å². The predicted molar refractivity (Wildman–Crippen MR) is 55.0 cm³/mol. The normalized spacial score (nSPS) is 9.87. The van der Waals surface area contributed by atoms with Gasteiger partial charge in [-0.3, -0.25) is 4.98 Å². The number of hydrogen-bond acceptors (Lipinski definition) is 3. The standard InChI is InChI=1S/C11H10N4/c1-9-3-2-4-10(14-9)8-15-6-5-13-11(15)7-12/h2-6H,8H2,1H3. The minimum atomic E-state index is 0.415. The molecule has 0 atom stereocenters. The molecule has 4 heteroatoms. The van der Waals surface area contributed by atoms with Crippen molar-refractivity contribution >= 4 is 0 Å². The zero-order chi connectivity index (χ0) is 10.7. The van der Waals surface area contributed by atoms with E-state index in [4.69, 9.17) is 5.26 Å².